The van der Waals surface area contributed by atoms with Crippen LogP contribution >= 0.6 is 11.6 Å². The van der Waals surface area contributed by atoms with Crippen LogP contribution in [0.25, 0.3) is 5.69 Å². The number of benzene rings is 1. The first-order chi connectivity index (χ1) is 9.04. The van der Waals surface area contributed by atoms with Crippen LogP contribution in [0.15, 0.2) is 24.3 Å². The molecule has 0 unspecified atom stereocenters. The number of halogens is 2. The van der Waals surface area contributed by atoms with Crippen molar-refractivity contribution >= 4 is 17.3 Å². The molecule has 0 aliphatic carbocycles. The van der Waals surface area contributed by atoms with Gasteiger partial charge in [-0.3, -0.25) is 10.1 Å². The molecule has 5 nitrogen and oxygen atoms in total. The zero-order chi connectivity index (χ0) is 14.0. The summed E-state index contributed by atoms with van der Waals surface area (Å²) in [6.07, 6.45) is 1.15. The van der Waals surface area contributed by atoms with E-state index in [0.29, 0.717) is 24.2 Å². The Morgan fingerprint density at radius 2 is 2.26 bits per heavy atom. The van der Waals surface area contributed by atoms with Gasteiger partial charge in [-0.15, -0.1) is 0 Å². The molecule has 19 heavy (non-hydrogen) atoms. The Balaban J connectivity index is 2.59. The highest BCUT2D eigenvalue weighted by molar-refractivity contribution is 6.32. The summed E-state index contributed by atoms with van der Waals surface area (Å²) in [5, 5.41) is 15.0. The SMILES string of the molecule is CCCc1nn(-c2cccc(F)c2)c(Cl)c1[N+](=O)[O-]. The van der Waals surface area contributed by atoms with Gasteiger partial charge in [0.2, 0.25) is 5.15 Å². The third-order valence-electron chi connectivity index (χ3n) is 2.60. The average Bonchev–Trinajstić information content (AvgIpc) is 2.67. The fourth-order valence-corrected chi connectivity index (χ4v) is 2.11. The fraction of sp³-hybridized carbons (Fsp3) is 0.250. The molecule has 0 saturated carbocycles. The fourth-order valence-electron chi connectivity index (χ4n) is 1.80. The van der Waals surface area contributed by atoms with E-state index < -0.39 is 10.7 Å². The molecular weight excluding hydrogens is 273 g/mol. The van der Waals surface area contributed by atoms with Gasteiger partial charge in [0, 0.05) is 0 Å². The minimum absolute atomic E-state index is 0.112. The van der Waals surface area contributed by atoms with Crippen molar-refractivity contribution in [3.8, 4) is 5.69 Å². The van der Waals surface area contributed by atoms with Crippen LogP contribution in [0.3, 0.4) is 0 Å². The lowest BCUT2D eigenvalue weighted by molar-refractivity contribution is -0.385. The maximum atomic E-state index is 13.2. The zero-order valence-corrected chi connectivity index (χ0v) is 10.9. The summed E-state index contributed by atoms with van der Waals surface area (Å²) in [5.41, 5.74) is 0.449. The van der Waals surface area contributed by atoms with Gasteiger partial charge in [-0.2, -0.15) is 5.10 Å². The van der Waals surface area contributed by atoms with Gasteiger partial charge >= 0.3 is 5.69 Å². The first-order valence-corrected chi connectivity index (χ1v) is 6.10. The maximum absolute atomic E-state index is 13.2. The van der Waals surface area contributed by atoms with Gasteiger partial charge in [-0.05, 0) is 24.6 Å². The molecule has 0 aliphatic heterocycles. The third kappa shape index (κ3) is 2.58. The van der Waals surface area contributed by atoms with Gasteiger partial charge in [0.25, 0.3) is 0 Å². The number of hydrogen-bond acceptors (Lipinski definition) is 3. The number of nitro groups is 1. The summed E-state index contributed by atoms with van der Waals surface area (Å²) in [6.45, 7) is 1.89. The van der Waals surface area contributed by atoms with Crippen molar-refractivity contribution in [1.29, 1.82) is 0 Å². The Hall–Kier alpha value is -1.95. The topological polar surface area (TPSA) is 61.0 Å². The van der Waals surface area contributed by atoms with Crippen LogP contribution < -0.4 is 0 Å². The summed E-state index contributed by atoms with van der Waals surface area (Å²) < 4.78 is 14.4. The van der Waals surface area contributed by atoms with Crippen molar-refractivity contribution < 1.29 is 9.31 Å². The van der Waals surface area contributed by atoms with E-state index in [2.05, 4.69) is 5.10 Å². The van der Waals surface area contributed by atoms with E-state index in [1.54, 1.807) is 6.07 Å². The van der Waals surface area contributed by atoms with Crippen LogP contribution in [-0.4, -0.2) is 14.7 Å². The van der Waals surface area contributed by atoms with Crippen molar-refractivity contribution in [1.82, 2.24) is 9.78 Å². The molecule has 0 atom stereocenters. The monoisotopic (exact) mass is 283 g/mol. The van der Waals surface area contributed by atoms with Crippen molar-refractivity contribution in [2.24, 2.45) is 0 Å². The van der Waals surface area contributed by atoms with Gasteiger partial charge in [0.1, 0.15) is 11.5 Å². The first kappa shape index (κ1) is 13.5. The van der Waals surface area contributed by atoms with E-state index in [9.17, 15) is 14.5 Å². The molecule has 0 bridgehead atoms. The molecule has 0 spiro atoms. The number of hydrogen-bond donors (Lipinski definition) is 0. The molecule has 2 rings (SSSR count). The van der Waals surface area contributed by atoms with Gasteiger partial charge in [0.05, 0.1) is 10.6 Å². The number of aryl methyl sites for hydroxylation is 1. The smallest absolute Gasteiger partial charge is 0.258 e. The molecule has 0 saturated heterocycles. The Morgan fingerprint density at radius 1 is 1.53 bits per heavy atom. The Morgan fingerprint density at radius 3 is 2.84 bits per heavy atom. The van der Waals surface area contributed by atoms with Crippen LogP contribution in [-0.2, 0) is 6.42 Å². The van der Waals surface area contributed by atoms with Crippen LogP contribution in [0, 0.1) is 15.9 Å². The van der Waals surface area contributed by atoms with Crippen LogP contribution in [0.2, 0.25) is 5.15 Å². The maximum Gasteiger partial charge on any atom is 0.329 e. The largest absolute Gasteiger partial charge is 0.329 e. The van der Waals surface area contributed by atoms with Crippen molar-refractivity contribution in [3.05, 3.63) is 51.0 Å². The Kier molecular flexibility index (Phi) is 3.80. The highest BCUT2D eigenvalue weighted by Crippen LogP contribution is 2.31. The second-order valence-electron chi connectivity index (χ2n) is 3.98. The lowest BCUT2D eigenvalue weighted by Gasteiger charge is -2.01. The quantitative estimate of drug-likeness (QED) is 0.637. The Bertz CT molecular complexity index is 627. The number of rotatable bonds is 4. The summed E-state index contributed by atoms with van der Waals surface area (Å²) in [4.78, 5) is 10.5. The van der Waals surface area contributed by atoms with E-state index in [-0.39, 0.29) is 10.8 Å². The minimum Gasteiger partial charge on any atom is -0.258 e. The van der Waals surface area contributed by atoms with E-state index >= 15 is 0 Å². The third-order valence-corrected chi connectivity index (χ3v) is 2.94. The van der Waals surface area contributed by atoms with E-state index in [4.69, 9.17) is 11.6 Å². The lowest BCUT2D eigenvalue weighted by Crippen LogP contribution is -1.98. The molecule has 1 heterocycles. The Labute approximate surface area is 113 Å². The average molecular weight is 284 g/mol. The molecule has 0 radical (unpaired) electrons. The van der Waals surface area contributed by atoms with Crippen molar-refractivity contribution in [2.45, 2.75) is 19.8 Å². The number of nitrogens with zero attached hydrogens (tertiary/aromatic N) is 3. The van der Waals surface area contributed by atoms with Gasteiger partial charge in [-0.25, -0.2) is 9.07 Å². The van der Waals surface area contributed by atoms with Crippen molar-refractivity contribution in [3.63, 3.8) is 0 Å². The highest BCUT2D eigenvalue weighted by atomic mass is 35.5. The normalized spacial score (nSPS) is 10.7. The van der Waals surface area contributed by atoms with Gasteiger partial charge in [-0.1, -0.05) is 31.0 Å². The standard InChI is InChI=1S/C12H11ClFN3O2/c1-2-4-10-11(17(18)19)12(13)16(15-10)9-6-3-5-8(14)7-9/h3,5-7H,2,4H2,1H3. The molecule has 0 amide bonds. The number of aromatic nitrogens is 2. The highest BCUT2D eigenvalue weighted by Gasteiger charge is 2.26. The van der Waals surface area contributed by atoms with Crippen LogP contribution in [0.5, 0.6) is 0 Å². The van der Waals surface area contributed by atoms with Crippen LogP contribution in [0.1, 0.15) is 19.0 Å². The molecule has 0 fully saturated rings. The van der Waals surface area contributed by atoms with Crippen molar-refractivity contribution in [2.75, 3.05) is 0 Å². The second-order valence-corrected chi connectivity index (χ2v) is 4.34. The molecule has 1 aromatic carbocycles. The predicted octanol–water partition coefficient (Wildman–Crippen LogP) is 3.53. The van der Waals surface area contributed by atoms with E-state index in [1.165, 1.54) is 22.9 Å². The van der Waals surface area contributed by atoms with E-state index in [1.807, 2.05) is 6.92 Å². The van der Waals surface area contributed by atoms with Crippen LogP contribution in [0.4, 0.5) is 10.1 Å². The predicted molar refractivity (Wildman–Crippen MR) is 69.2 cm³/mol. The molecule has 2 aromatic rings. The summed E-state index contributed by atoms with van der Waals surface area (Å²) >= 11 is 5.98. The summed E-state index contributed by atoms with van der Waals surface area (Å²) in [5.74, 6) is -0.455. The molecule has 7 heteroatoms. The second kappa shape index (κ2) is 5.36. The van der Waals surface area contributed by atoms with E-state index in [0.717, 1.165) is 0 Å². The molecule has 100 valence electrons. The first-order valence-electron chi connectivity index (χ1n) is 5.72. The summed E-state index contributed by atoms with van der Waals surface area (Å²) in [6, 6.07) is 5.58. The van der Waals surface area contributed by atoms with Gasteiger partial charge < -0.3 is 0 Å². The zero-order valence-electron chi connectivity index (χ0n) is 10.1. The molecule has 1 aromatic heterocycles. The summed E-state index contributed by atoms with van der Waals surface area (Å²) in [7, 11) is 0. The molecule has 0 aliphatic rings. The molecular formula is C12H11ClFN3O2. The molecule has 0 N–H and O–H groups in total. The minimum atomic E-state index is -0.559. The lowest BCUT2D eigenvalue weighted by atomic mass is 10.2. The van der Waals surface area contributed by atoms with Gasteiger partial charge in [0.15, 0.2) is 0 Å².